The number of rotatable bonds is 0. The summed E-state index contributed by atoms with van der Waals surface area (Å²) < 4.78 is 5.36. The van der Waals surface area contributed by atoms with Crippen molar-refractivity contribution in [2.24, 2.45) is 5.92 Å². The van der Waals surface area contributed by atoms with Gasteiger partial charge in [0.05, 0.1) is 0 Å². The number of amides is 1. The maximum atomic E-state index is 11.8. The van der Waals surface area contributed by atoms with E-state index < -0.39 is 5.60 Å². The van der Waals surface area contributed by atoms with Crippen molar-refractivity contribution in [3.8, 4) is 0 Å². The van der Waals surface area contributed by atoms with E-state index in [4.69, 9.17) is 4.74 Å². The van der Waals surface area contributed by atoms with Crippen LogP contribution in [0.5, 0.6) is 0 Å². The summed E-state index contributed by atoms with van der Waals surface area (Å²) in [7, 11) is 0. The van der Waals surface area contributed by atoms with Gasteiger partial charge in [-0.1, -0.05) is 6.42 Å². The first-order valence-corrected chi connectivity index (χ1v) is 5.62. The zero-order valence-electron chi connectivity index (χ0n) is 11.3. The first-order chi connectivity index (χ1) is 6.79. The smallest absolute Gasteiger partial charge is 1.00 e. The van der Waals surface area contributed by atoms with E-state index >= 15 is 0 Å². The maximum absolute atomic E-state index is 11.8. The second-order valence-electron chi connectivity index (χ2n) is 5.43. The van der Waals surface area contributed by atoms with Gasteiger partial charge >= 0.3 is 25.6 Å². The van der Waals surface area contributed by atoms with Gasteiger partial charge in [-0.15, -0.1) is 0 Å². The van der Waals surface area contributed by atoms with Gasteiger partial charge in [0.25, 0.3) is 0 Å². The van der Waals surface area contributed by atoms with Crippen LogP contribution in [0.1, 0.15) is 40.5 Å². The number of carbonyl (C=O) groups is 1. The van der Waals surface area contributed by atoms with Crippen LogP contribution in [-0.4, -0.2) is 29.2 Å². The monoisotopic (exact) mass is 403 g/mol. The Bertz CT molecular complexity index is 243. The molecule has 1 rings (SSSR count). The Hall–Kier alpha value is 0.623. The molecule has 3 nitrogen and oxygen atoms in total. The van der Waals surface area contributed by atoms with Crippen LogP contribution in [0.2, 0.25) is 0 Å². The molecule has 5 heteroatoms. The number of nitrogens with zero attached hydrogens (tertiary/aromatic N) is 1. The molecule has 2 atom stereocenters. The van der Waals surface area contributed by atoms with E-state index in [1.165, 1.54) is 0 Å². The van der Waals surface area contributed by atoms with E-state index in [0.29, 0.717) is 5.92 Å². The molecule has 1 fully saturated rings. The van der Waals surface area contributed by atoms with Gasteiger partial charge in [-0.3, -0.25) is 0 Å². The Morgan fingerprint density at radius 1 is 1.35 bits per heavy atom. The molecule has 0 spiro atoms. The largest absolute Gasteiger partial charge is 2.00 e. The number of carbonyl (C=O) groups excluding carboxylic acids is 1. The van der Waals surface area contributed by atoms with Crippen molar-refractivity contribution >= 4 is 6.09 Å². The predicted octanol–water partition coefficient (Wildman–Crippen LogP) is -0.142. The summed E-state index contributed by atoms with van der Waals surface area (Å²) in [5, 5.41) is 0. The van der Waals surface area contributed by atoms with Gasteiger partial charge in [-0.05, 0) is 40.7 Å². The quantitative estimate of drug-likeness (QED) is 0.320. The van der Waals surface area contributed by atoms with E-state index in [1.807, 2.05) is 20.8 Å². The molecule has 0 saturated carbocycles. The van der Waals surface area contributed by atoms with Gasteiger partial charge < -0.3 is 40.5 Å². The fraction of sp³-hybridized carbons (Fsp3) is 0.833. The second-order valence-corrected chi connectivity index (χ2v) is 5.43. The third-order valence-electron chi connectivity index (χ3n) is 2.61. The SMILES string of the molecule is [CH2-]C1CCC(C)N(C(=O)OC(C)(C)C)C1.[I-].[Zn+2]. The van der Waals surface area contributed by atoms with Crippen molar-refractivity contribution in [2.75, 3.05) is 6.54 Å². The average Bonchev–Trinajstić information content (AvgIpc) is 2.06. The Balaban J connectivity index is 0. The molecule has 0 radical (unpaired) electrons. The molecule has 96 valence electrons. The zero-order chi connectivity index (χ0) is 11.6. The molecule has 1 amide bonds. The molecular formula is C12H22INO2Zn. The number of hydrogen-bond donors (Lipinski definition) is 0. The molecule has 1 aliphatic heterocycles. The van der Waals surface area contributed by atoms with Crippen LogP contribution >= 0.6 is 0 Å². The topological polar surface area (TPSA) is 29.5 Å². The molecule has 1 heterocycles. The molecule has 0 aromatic carbocycles. The standard InChI is InChI=1S/C12H22NO2.HI.Zn/c1-9-6-7-10(2)13(8-9)11(14)15-12(3,4)5;;/h9-10H,1,6-8H2,2-5H3;1H;/q-1;;+2/p-1. The third kappa shape index (κ3) is 6.95. The van der Waals surface area contributed by atoms with E-state index in [9.17, 15) is 4.79 Å². The summed E-state index contributed by atoms with van der Waals surface area (Å²) in [5.41, 5.74) is -0.412. The predicted molar refractivity (Wildman–Crippen MR) is 60.5 cm³/mol. The maximum Gasteiger partial charge on any atom is 2.00 e. The molecular weight excluding hydrogens is 382 g/mol. The summed E-state index contributed by atoms with van der Waals surface area (Å²) in [6.45, 7) is 12.5. The summed E-state index contributed by atoms with van der Waals surface area (Å²) in [4.78, 5) is 13.6. The van der Waals surface area contributed by atoms with Crippen molar-refractivity contribution in [1.29, 1.82) is 0 Å². The van der Waals surface area contributed by atoms with Crippen molar-refractivity contribution in [2.45, 2.75) is 52.2 Å². The van der Waals surface area contributed by atoms with Crippen LogP contribution in [0.15, 0.2) is 0 Å². The summed E-state index contributed by atoms with van der Waals surface area (Å²) in [5.74, 6) is 0.341. The normalized spacial score (nSPS) is 24.4. The van der Waals surface area contributed by atoms with Crippen molar-refractivity contribution in [3.05, 3.63) is 6.92 Å². The summed E-state index contributed by atoms with van der Waals surface area (Å²) >= 11 is 0. The van der Waals surface area contributed by atoms with Crippen LogP contribution < -0.4 is 24.0 Å². The molecule has 0 aliphatic carbocycles. The van der Waals surface area contributed by atoms with Gasteiger partial charge in [0.15, 0.2) is 0 Å². The third-order valence-corrected chi connectivity index (χ3v) is 2.61. The molecule has 1 aliphatic rings. The first kappa shape index (κ1) is 20.0. The average molecular weight is 405 g/mol. The number of ether oxygens (including phenoxy) is 1. The number of likely N-dealkylation sites (tertiary alicyclic amines) is 1. The van der Waals surface area contributed by atoms with Gasteiger partial charge in [0.2, 0.25) is 0 Å². The Labute approximate surface area is 135 Å². The zero-order valence-corrected chi connectivity index (χ0v) is 16.5. The minimum absolute atomic E-state index is 0. The van der Waals surface area contributed by atoms with Crippen LogP contribution in [-0.2, 0) is 24.2 Å². The van der Waals surface area contributed by atoms with Gasteiger partial charge in [0, 0.05) is 6.04 Å². The van der Waals surface area contributed by atoms with E-state index in [0.717, 1.165) is 19.4 Å². The molecule has 0 aromatic heterocycles. The Morgan fingerprint density at radius 2 is 1.88 bits per heavy atom. The molecule has 1 saturated heterocycles. The van der Waals surface area contributed by atoms with Gasteiger partial charge in [0.1, 0.15) is 5.60 Å². The van der Waals surface area contributed by atoms with Crippen molar-refractivity contribution in [1.82, 2.24) is 4.90 Å². The summed E-state index contributed by atoms with van der Waals surface area (Å²) in [6, 6.07) is 0.276. The van der Waals surface area contributed by atoms with Crippen LogP contribution in [0.3, 0.4) is 0 Å². The van der Waals surface area contributed by atoms with Crippen LogP contribution in [0.25, 0.3) is 0 Å². The van der Waals surface area contributed by atoms with Crippen molar-refractivity contribution in [3.63, 3.8) is 0 Å². The first-order valence-electron chi connectivity index (χ1n) is 5.62. The Morgan fingerprint density at radius 3 is 2.35 bits per heavy atom. The molecule has 0 N–H and O–H groups in total. The van der Waals surface area contributed by atoms with E-state index in [2.05, 4.69) is 13.8 Å². The fourth-order valence-electron chi connectivity index (χ4n) is 1.76. The van der Waals surface area contributed by atoms with Gasteiger partial charge in [-0.25, -0.2) is 4.79 Å². The number of piperidine rings is 1. The van der Waals surface area contributed by atoms with E-state index in [1.54, 1.807) is 4.90 Å². The molecule has 0 aromatic rings. The summed E-state index contributed by atoms with van der Waals surface area (Å²) in [6.07, 6.45) is 1.91. The van der Waals surface area contributed by atoms with Crippen LogP contribution in [0.4, 0.5) is 4.79 Å². The van der Waals surface area contributed by atoms with Gasteiger partial charge in [-0.2, -0.15) is 5.92 Å². The van der Waals surface area contributed by atoms with Crippen molar-refractivity contribution < 1.29 is 53.0 Å². The molecule has 17 heavy (non-hydrogen) atoms. The second kappa shape index (κ2) is 7.93. The molecule has 0 bridgehead atoms. The van der Waals surface area contributed by atoms with E-state index in [-0.39, 0.29) is 55.6 Å². The Kier molecular flexibility index (Phi) is 9.30. The minimum Gasteiger partial charge on any atom is -1.00 e. The number of hydrogen-bond acceptors (Lipinski definition) is 2. The fourth-order valence-corrected chi connectivity index (χ4v) is 1.76. The van der Waals surface area contributed by atoms with Crippen LogP contribution in [0, 0.1) is 12.8 Å². The number of halogens is 1. The molecule has 2 unspecified atom stereocenters. The minimum atomic E-state index is -0.412.